The Kier molecular flexibility index (Phi) is 3.07. The Bertz CT molecular complexity index is 163. The van der Waals surface area contributed by atoms with Crippen molar-refractivity contribution >= 4 is 10.2 Å². The van der Waals surface area contributed by atoms with Gasteiger partial charge in [-0.3, -0.25) is 0 Å². The normalized spacial score (nSPS) is 15.4. The molecule has 0 radical (unpaired) electrons. The molecule has 0 aliphatic heterocycles. The molecule has 0 saturated carbocycles. The molecule has 0 unspecified atom stereocenters. The van der Waals surface area contributed by atoms with Crippen molar-refractivity contribution in [3.05, 3.63) is 0 Å². The zero-order valence-electron chi connectivity index (χ0n) is 5.30. The van der Waals surface area contributed by atoms with Crippen LogP contribution in [0.15, 0.2) is 0 Å². The van der Waals surface area contributed by atoms with Gasteiger partial charge in [-0.1, -0.05) is 0 Å². The van der Waals surface area contributed by atoms with Crippen LogP contribution >= 0.6 is 0 Å². The van der Waals surface area contributed by atoms with E-state index in [1.165, 1.54) is 14.0 Å². The summed E-state index contributed by atoms with van der Waals surface area (Å²) in [5.74, 6) is 0. The second-order valence-electron chi connectivity index (χ2n) is 1.74. The first-order chi connectivity index (χ1) is 3.98. The van der Waals surface area contributed by atoms with Crippen molar-refractivity contribution in [2.45, 2.75) is 12.2 Å². The van der Waals surface area contributed by atoms with Gasteiger partial charge in [-0.15, -0.1) is 3.89 Å². The minimum Gasteiger partial charge on any atom is -0.383 e. The van der Waals surface area contributed by atoms with Crippen molar-refractivity contribution in [2.75, 3.05) is 13.7 Å². The maximum absolute atomic E-state index is 11.9. The van der Waals surface area contributed by atoms with Gasteiger partial charge in [0.1, 0.15) is 5.25 Å². The van der Waals surface area contributed by atoms with Crippen molar-refractivity contribution in [3.8, 4) is 0 Å². The number of hydrogen-bond donors (Lipinski definition) is 0. The van der Waals surface area contributed by atoms with Gasteiger partial charge in [0.25, 0.3) is 0 Å². The van der Waals surface area contributed by atoms with Gasteiger partial charge in [-0.2, -0.15) is 8.42 Å². The van der Waals surface area contributed by atoms with E-state index >= 15 is 0 Å². The van der Waals surface area contributed by atoms with E-state index in [0.717, 1.165) is 0 Å². The minimum atomic E-state index is -4.39. The number of halogens is 1. The number of ether oxygens (including phenoxy) is 1. The van der Waals surface area contributed by atoms with E-state index in [-0.39, 0.29) is 6.61 Å². The van der Waals surface area contributed by atoms with Gasteiger partial charge in [0.05, 0.1) is 6.61 Å². The van der Waals surface area contributed by atoms with Crippen LogP contribution in [0.1, 0.15) is 6.92 Å². The molecule has 0 saturated heterocycles. The van der Waals surface area contributed by atoms with Crippen molar-refractivity contribution in [2.24, 2.45) is 0 Å². The van der Waals surface area contributed by atoms with Gasteiger partial charge in [-0.05, 0) is 6.92 Å². The number of methoxy groups -OCH3 is 1. The van der Waals surface area contributed by atoms with Gasteiger partial charge in [0.15, 0.2) is 0 Å². The van der Waals surface area contributed by atoms with Crippen molar-refractivity contribution in [1.29, 1.82) is 0 Å². The largest absolute Gasteiger partial charge is 0.383 e. The summed E-state index contributed by atoms with van der Waals surface area (Å²) in [5.41, 5.74) is 0. The summed E-state index contributed by atoms with van der Waals surface area (Å²) >= 11 is 0. The van der Waals surface area contributed by atoms with E-state index in [9.17, 15) is 12.3 Å². The molecule has 0 spiro atoms. The van der Waals surface area contributed by atoms with Crippen LogP contribution < -0.4 is 0 Å². The summed E-state index contributed by atoms with van der Waals surface area (Å²) in [6.07, 6.45) is 0. The summed E-state index contributed by atoms with van der Waals surface area (Å²) in [7, 11) is -3.07. The fraction of sp³-hybridized carbons (Fsp3) is 1.00. The average molecular weight is 156 g/mol. The quantitative estimate of drug-likeness (QED) is 0.553. The SMILES string of the molecule is COC[C@@H](C)S(=O)(=O)F. The molecule has 9 heavy (non-hydrogen) atoms. The van der Waals surface area contributed by atoms with E-state index < -0.39 is 15.5 Å². The lowest BCUT2D eigenvalue weighted by Gasteiger charge is -2.02. The molecular formula is C4H9FO3S. The third-order valence-electron chi connectivity index (χ3n) is 0.882. The van der Waals surface area contributed by atoms with E-state index in [4.69, 9.17) is 0 Å². The molecule has 0 amide bonds. The second kappa shape index (κ2) is 3.12. The molecule has 0 aromatic carbocycles. The monoisotopic (exact) mass is 156 g/mol. The Morgan fingerprint density at radius 2 is 2.11 bits per heavy atom. The molecule has 0 fully saturated rings. The predicted octanol–water partition coefficient (Wildman–Crippen LogP) is 0.321. The zero-order chi connectivity index (χ0) is 7.49. The van der Waals surface area contributed by atoms with E-state index in [2.05, 4.69) is 4.74 Å². The molecule has 0 heterocycles. The molecule has 0 aromatic heterocycles. The lowest BCUT2D eigenvalue weighted by Crippen LogP contribution is -2.18. The molecule has 5 heteroatoms. The van der Waals surface area contributed by atoms with Crippen LogP contribution in [0.5, 0.6) is 0 Å². The van der Waals surface area contributed by atoms with Gasteiger partial charge in [0.2, 0.25) is 0 Å². The molecule has 0 aromatic rings. The topological polar surface area (TPSA) is 43.4 Å². The Morgan fingerprint density at radius 3 is 2.22 bits per heavy atom. The molecule has 0 bridgehead atoms. The Labute approximate surface area is 54.0 Å². The molecule has 0 rings (SSSR count). The van der Waals surface area contributed by atoms with Crippen molar-refractivity contribution < 1.29 is 17.0 Å². The first-order valence-electron chi connectivity index (χ1n) is 2.41. The summed E-state index contributed by atoms with van der Waals surface area (Å²) < 4.78 is 36.2. The van der Waals surface area contributed by atoms with Gasteiger partial charge in [-0.25, -0.2) is 0 Å². The van der Waals surface area contributed by atoms with Crippen LogP contribution in [0, 0.1) is 0 Å². The molecule has 0 N–H and O–H groups in total. The maximum Gasteiger partial charge on any atom is 0.307 e. The van der Waals surface area contributed by atoms with Crippen LogP contribution in [-0.4, -0.2) is 27.4 Å². The highest BCUT2D eigenvalue weighted by Gasteiger charge is 2.18. The Balaban J connectivity index is 3.90. The highest BCUT2D eigenvalue weighted by Crippen LogP contribution is 2.01. The molecule has 1 atom stereocenters. The maximum atomic E-state index is 11.9. The molecule has 3 nitrogen and oxygen atoms in total. The molecule has 0 aliphatic carbocycles. The molecular weight excluding hydrogens is 147 g/mol. The summed E-state index contributed by atoms with van der Waals surface area (Å²) in [4.78, 5) is 0. The lowest BCUT2D eigenvalue weighted by atomic mass is 10.5. The van der Waals surface area contributed by atoms with Crippen LogP contribution in [0.3, 0.4) is 0 Å². The van der Waals surface area contributed by atoms with Crippen molar-refractivity contribution in [1.82, 2.24) is 0 Å². The zero-order valence-corrected chi connectivity index (χ0v) is 6.11. The average Bonchev–Trinajstić information content (AvgIpc) is 1.64. The Morgan fingerprint density at radius 1 is 1.67 bits per heavy atom. The number of hydrogen-bond acceptors (Lipinski definition) is 3. The van der Waals surface area contributed by atoms with Crippen LogP contribution in [-0.2, 0) is 15.0 Å². The minimum absolute atomic E-state index is 0.0984. The third kappa shape index (κ3) is 3.42. The van der Waals surface area contributed by atoms with E-state index in [1.807, 2.05) is 0 Å². The summed E-state index contributed by atoms with van der Waals surface area (Å²) in [6.45, 7) is 1.15. The molecule has 0 aliphatic rings. The fourth-order valence-electron chi connectivity index (χ4n) is 0.316. The first kappa shape index (κ1) is 8.84. The lowest BCUT2D eigenvalue weighted by molar-refractivity contribution is 0.199. The highest BCUT2D eigenvalue weighted by atomic mass is 32.3. The Hall–Kier alpha value is -0.160. The highest BCUT2D eigenvalue weighted by molar-refractivity contribution is 7.87. The predicted molar refractivity (Wildman–Crippen MR) is 31.4 cm³/mol. The standard InChI is InChI=1S/C4H9FO3S/c1-4(3-8-2)9(5,6)7/h4H,3H2,1-2H3/t4-/m1/s1. The number of rotatable bonds is 3. The van der Waals surface area contributed by atoms with E-state index in [1.54, 1.807) is 0 Å². The summed E-state index contributed by atoms with van der Waals surface area (Å²) in [6, 6.07) is 0. The van der Waals surface area contributed by atoms with Crippen LogP contribution in [0.4, 0.5) is 3.89 Å². The van der Waals surface area contributed by atoms with Gasteiger partial charge in [0, 0.05) is 7.11 Å². The van der Waals surface area contributed by atoms with Crippen LogP contribution in [0.2, 0.25) is 0 Å². The van der Waals surface area contributed by atoms with Crippen molar-refractivity contribution in [3.63, 3.8) is 0 Å². The smallest absolute Gasteiger partial charge is 0.307 e. The van der Waals surface area contributed by atoms with E-state index in [0.29, 0.717) is 0 Å². The second-order valence-corrected chi connectivity index (χ2v) is 3.50. The first-order valence-corrected chi connectivity index (χ1v) is 3.85. The fourth-order valence-corrected chi connectivity index (χ4v) is 0.615. The molecule has 56 valence electrons. The van der Waals surface area contributed by atoms with Gasteiger partial charge < -0.3 is 4.74 Å². The third-order valence-corrected chi connectivity index (χ3v) is 1.98. The van der Waals surface area contributed by atoms with Gasteiger partial charge >= 0.3 is 10.2 Å². The summed E-state index contributed by atoms with van der Waals surface area (Å²) in [5, 5.41) is -1.05. The van der Waals surface area contributed by atoms with Crippen LogP contribution in [0.25, 0.3) is 0 Å².